The summed E-state index contributed by atoms with van der Waals surface area (Å²) < 4.78 is 12.1. The lowest BCUT2D eigenvalue weighted by molar-refractivity contribution is 0.265. The Bertz CT molecular complexity index is 831. The van der Waals surface area contributed by atoms with Gasteiger partial charge in [0.05, 0.1) is 18.9 Å². The smallest absolute Gasteiger partial charge is 0.183 e. The van der Waals surface area contributed by atoms with Crippen molar-refractivity contribution < 1.29 is 9.05 Å². The molecule has 0 bridgehead atoms. The monoisotopic (exact) mass is 396 g/mol. The van der Waals surface area contributed by atoms with E-state index in [0.29, 0.717) is 13.2 Å². The highest BCUT2D eigenvalue weighted by Gasteiger charge is 2.28. The van der Waals surface area contributed by atoms with E-state index < -0.39 is 8.38 Å². The molecule has 4 heteroatoms. The summed E-state index contributed by atoms with van der Waals surface area (Å²) in [4.78, 5) is 0.960. The normalized spacial score (nSPS) is 12.3. The fourth-order valence-electron chi connectivity index (χ4n) is 3.06. The van der Waals surface area contributed by atoms with Crippen molar-refractivity contribution in [2.45, 2.75) is 24.4 Å². The number of hydrogen-bond acceptors (Lipinski definition) is 3. The van der Waals surface area contributed by atoms with Crippen molar-refractivity contribution in [2.75, 3.05) is 13.2 Å². The van der Waals surface area contributed by atoms with Crippen LogP contribution in [0, 0.1) is 0 Å². The Morgan fingerprint density at radius 2 is 1.30 bits per heavy atom. The van der Waals surface area contributed by atoms with Gasteiger partial charge >= 0.3 is 0 Å². The summed E-state index contributed by atoms with van der Waals surface area (Å²) in [6.07, 6.45) is 0. The minimum absolute atomic E-state index is 0.0263. The van der Waals surface area contributed by atoms with E-state index in [4.69, 9.17) is 21.7 Å². The summed E-state index contributed by atoms with van der Waals surface area (Å²) in [5.41, 5.74) is 4.77. The predicted octanol–water partition coefficient (Wildman–Crippen LogP) is 7.12. The summed E-state index contributed by atoms with van der Waals surface area (Å²) in [6.45, 7) is 5.27. The van der Waals surface area contributed by atoms with Crippen LogP contribution in [0.1, 0.15) is 30.6 Å². The zero-order chi connectivity index (χ0) is 19.1. The Morgan fingerprint density at radius 1 is 0.741 bits per heavy atom. The second-order valence-electron chi connectivity index (χ2n) is 6.07. The highest BCUT2D eigenvalue weighted by atomic mass is 32.1. The zero-order valence-electron chi connectivity index (χ0n) is 15.7. The van der Waals surface area contributed by atoms with Gasteiger partial charge < -0.3 is 9.05 Å². The molecule has 0 amide bonds. The van der Waals surface area contributed by atoms with Crippen molar-refractivity contribution in [3.05, 3.63) is 90.0 Å². The van der Waals surface area contributed by atoms with Crippen LogP contribution in [0.3, 0.4) is 0 Å². The van der Waals surface area contributed by atoms with Gasteiger partial charge in [0.1, 0.15) is 0 Å². The van der Waals surface area contributed by atoms with Crippen LogP contribution >= 0.6 is 21.0 Å². The fourth-order valence-corrected chi connectivity index (χ4v) is 5.20. The highest BCUT2D eigenvalue weighted by molar-refractivity contribution is 7.80. The molecule has 0 aromatic heterocycles. The first-order valence-electron chi connectivity index (χ1n) is 9.23. The third-order valence-electron chi connectivity index (χ3n) is 4.29. The summed E-state index contributed by atoms with van der Waals surface area (Å²) in [6, 6.07) is 27.3. The van der Waals surface area contributed by atoms with Crippen LogP contribution in [-0.4, -0.2) is 13.2 Å². The van der Waals surface area contributed by atoms with Crippen molar-refractivity contribution in [3.63, 3.8) is 0 Å². The Labute approximate surface area is 168 Å². The lowest BCUT2D eigenvalue weighted by atomic mass is 10.00. The summed E-state index contributed by atoms with van der Waals surface area (Å²) in [5.74, 6) is 0. The van der Waals surface area contributed by atoms with Crippen molar-refractivity contribution in [1.82, 2.24) is 0 Å². The number of benzene rings is 3. The molecule has 27 heavy (non-hydrogen) atoms. The van der Waals surface area contributed by atoms with Gasteiger partial charge in [0.15, 0.2) is 8.38 Å². The third-order valence-corrected chi connectivity index (χ3v) is 6.72. The van der Waals surface area contributed by atoms with Crippen molar-refractivity contribution in [3.8, 4) is 11.1 Å². The van der Waals surface area contributed by atoms with E-state index in [9.17, 15) is 0 Å². The Morgan fingerprint density at radius 3 is 1.89 bits per heavy atom. The van der Waals surface area contributed by atoms with Crippen LogP contribution in [0.15, 0.2) is 83.8 Å². The van der Waals surface area contributed by atoms with E-state index in [-0.39, 0.29) is 5.66 Å². The Kier molecular flexibility index (Phi) is 7.49. The van der Waals surface area contributed by atoms with Crippen LogP contribution in [0.5, 0.6) is 0 Å². The molecule has 0 heterocycles. The molecule has 0 radical (unpaired) electrons. The molecule has 1 unspecified atom stereocenters. The van der Waals surface area contributed by atoms with Gasteiger partial charge in [-0.15, -0.1) is 12.6 Å². The maximum Gasteiger partial charge on any atom is 0.183 e. The second kappa shape index (κ2) is 10.1. The van der Waals surface area contributed by atoms with Crippen molar-refractivity contribution >= 4 is 21.0 Å². The SMILES string of the molecule is CCOP(OCC)C(c1ccc(-c2ccccc2)cc1)c1ccccc1S. The average Bonchev–Trinajstić information content (AvgIpc) is 2.71. The molecular formula is C23H25O2PS. The van der Waals surface area contributed by atoms with Gasteiger partial charge in [-0.25, -0.2) is 0 Å². The maximum absolute atomic E-state index is 6.03. The van der Waals surface area contributed by atoms with E-state index in [1.54, 1.807) is 0 Å². The molecule has 3 aromatic rings. The first-order valence-corrected chi connectivity index (χ1v) is 10.9. The minimum atomic E-state index is -1.11. The first kappa shape index (κ1) is 20.1. The average molecular weight is 396 g/mol. The van der Waals surface area contributed by atoms with Crippen LogP contribution < -0.4 is 0 Å². The molecule has 2 nitrogen and oxygen atoms in total. The third kappa shape index (κ3) is 5.00. The molecule has 3 aromatic carbocycles. The molecule has 140 valence electrons. The number of hydrogen-bond donors (Lipinski definition) is 1. The quantitative estimate of drug-likeness (QED) is 0.323. The number of rotatable bonds is 8. The fraction of sp³-hybridized carbons (Fsp3) is 0.217. The van der Waals surface area contributed by atoms with Crippen molar-refractivity contribution in [2.24, 2.45) is 0 Å². The molecule has 0 aliphatic heterocycles. The molecule has 0 saturated carbocycles. The lowest BCUT2D eigenvalue weighted by Crippen LogP contribution is -2.05. The van der Waals surface area contributed by atoms with Gasteiger partial charge in [-0.3, -0.25) is 0 Å². The van der Waals surface area contributed by atoms with Crippen LogP contribution in [0.4, 0.5) is 0 Å². The molecule has 0 aliphatic rings. The maximum atomic E-state index is 6.03. The van der Waals surface area contributed by atoms with E-state index in [1.807, 2.05) is 38.1 Å². The summed E-state index contributed by atoms with van der Waals surface area (Å²) in [7, 11) is -1.11. The minimum Gasteiger partial charge on any atom is -0.334 e. The molecule has 0 saturated heterocycles. The van der Waals surface area contributed by atoms with Gasteiger partial charge in [-0.1, -0.05) is 72.8 Å². The van der Waals surface area contributed by atoms with E-state index in [2.05, 4.69) is 54.6 Å². The summed E-state index contributed by atoms with van der Waals surface area (Å²) >= 11 is 4.70. The molecule has 3 rings (SSSR count). The van der Waals surface area contributed by atoms with Gasteiger partial charge in [0, 0.05) is 4.90 Å². The van der Waals surface area contributed by atoms with Crippen LogP contribution in [-0.2, 0) is 9.05 Å². The molecule has 0 aliphatic carbocycles. The summed E-state index contributed by atoms with van der Waals surface area (Å²) in [5, 5.41) is 0. The molecule has 0 N–H and O–H groups in total. The van der Waals surface area contributed by atoms with Crippen molar-refractivity contribution in [1.29, 1.82) is 0 Å². The molecule has 0 spiro atoms. The lowest BCUT2D eigenvalue weighted by Gasteiger charge is -2.27. The van der Waals surface area contributed by atoms with E-state index in [1.165, 1.54) is 16.7 Å². The van der Waals surface area contributed by atoms with Crippen LogP contribution in [0.25, 0.3) is 11.1 Å². The Hall–Kier alpha value is -1.64. The van der Waals surface area contributed by atoms with Gasteiger partial charge in [0.25, 0.3) is 0 Å². The topological polar surface area (TPSA) is 18.5 Å². The van der Waals surface area contributed by atoms with E-state index >= 15 is 0 Å². The second-order valence-corrected chi connectivity index (χ2v) is 8.16. The van der Waals surface area contributed by atoms with Crippen LogP contribution in [0.2, 0.25) is 0 Å². The zero-order valence-corrected chi connectivity index (χ0v) is 17.5. The standard InChI is InChI=1S/C23H25O2PS/c1-3-24-26(25-4-2)23(21-12-8-9-13-22(21)27)20-16-14-19(15-17-20)18-10-6-5-7-11-18/h5-17,23,27H,3-4H2,1-2H3. The predicted molar refractivity (Wildman–Crippen MR) is 118 cm³/mol. The highest BCUT2D eigenvalue weighted by Crippen LogP contribution is 2.57. The largest absolute Gasteiger partial charge is 0.334 e. The van der Waals surface area contributed by atoms with Gasteiger partial charge in [-0.2, -0.15) is 0 Å². The van der Waals surface area contributed by atoms with E-state index in [0.717, 1.165) is 10.5 Å². The van der Waals surface area contributed by atoms with Gasteiger partial charge in [0.2, 0.25) is 0 Å². The number of thiol groups is 1. The molecule has 0 fully saturated rings. The Balaban J connectivity index is 2.01. The first-order chi connectivity index (χ1) is 13.2. The van der Waals surface area contributed by atoms with Gasteiger partial charge in [-0.05, 0) is 42.2 Å². The molecule has 1 atom stereocenters. The molecular weight excluding hydrogens is 371 g/mol.